The number of benzene rings is 1. The molecule has 0 aliphatic heterocycles. The Morgan fingerprint density at radius 3 is 2.74 bits per heavy atom. The first-order chi connectivity index (χ1) is 9.10. The van der Waals surface area contributed by atoms with Gasteiger partial charge in [-0.1, -0.05) is 44.1 Å². The van der Waals surface area contributed by atoms with Crippen LogP contribution in [0, 0.1) is 0 Å². The summed E-state index contributed by atoms with van der Waals surface area (Å²) < 4.78 is 4.72. The van der Waals surface area contributed by atoms with E-state index >= 15 is 0 Å². The Labute approximate surface area is 115 Å². The SMILES string of the molecule is C=C(CCCCC)Cc1cccc(C(=O)OC)c1N. The molecule has 19 heavy (non-hydrogen) atoms. The molecule has 0 aromatic heterocycles. The summed E-state index contributed by atoms with van der Waals surface area (Å²) in [5.41, 5.74) is 9.06. The third kappa shape index (κ3) is 4.43. The maximum Gasteiger partial charge on any atom is 0.339 e. The van der Waals surface area contributed by atoms with Gasteiger partial charge in [0.15, 0.2) is 0 Å². The van der Waals surface area contributed by atoms with Gasteiger partial charge in [0.2, 0.25) is 0 Å². The zero-order valence-corrected chi connectivity index (χ0v) is 11.9. The van der Waals surface area contributed by atoms with E-state index in [-0.39, 0.29) is 0 Å². The van der Waals surface area contributed by atoms with E-state index in [9.17, 15) is 4.79 Å². The fourth-order valence-electron chi connectivity index (χ4n) is 2.04. The second kappa shape index (κ2) is 7.62. The number of allylic oxidation sites excluding steroid dienone is 1. The number of nitrogens with two attached hydrogens (primary N) is 1. The van der Waals surface area contributed by atoms with E-state index in [2.05, 4.69) is 13.5 Å². The van der Waals surface area contributed by atoms with Crippen LogP contribution >= 0.6 is 0 Å². The summed E-state index contributed by atoms with van der Waals surface area (Å²) in [6, 6.07) is 5.45. The third-order valence-electron chi connectivity index (χ3n) is 3.18. The fourth-order valence-corrected chi connectivity index (χ4v) is 2.04. The number of nitrogen functional groups attached to an aromatic ring is 1. The molecular formula is C16H23NO2. The molecule has 0 saturated carbocycles. The molecule has 0 heterocycles. The Kier molecular flexibility index (Phi) is 6.13. The van der Waals surface area contributed by atoms with Crippen molar-refractivity contribution in [1.29, 1.82) is 0 Å². The summed E-state index contributed by atoms with van der Waals surface area (Å²) in [7, 11) is 1.36. The minimum absolute atomic E-state index is 0.393. The minimum atomic E-state index is -0.393. The highest BCUT2D eigenvalue weighted by Gasteiger charge is 2.12. The number of hydrogen-bond donors (Lipinski definition) is 1. The molecule has 0 saturated heterocycles. The predicted octanol–water partition coefficient (Wildman–Crippen LogP) is 3.73. The van der Waals surface area contributed by atoms with Crippen molar-refractivity contribution < 1.29 is 9.53 Å². The van der Waals surface area contributed by atoms with Gasteiger partial charge < -0.3 is 10.5 Å². The zero-order chi connectivity index (χ0) is 14.3. The van der Waals surface area contributed by atoms with Gasteiger partial charge in [-0.05, 0) is 30.9 Å². The van der Waals surface area contributed by atoms with E-state index in [1.807, 2.05) is 12.1 Å². The van der Waals surface area contributed by atoms with Gasteiger partial charge in [-0.3, -0.25) is 0 Å². The largest absolute Gasteiger partial charge is 0.465 e. The second-order valence-corrected chi connectivity index (χ2v) is 4.75. The van der Waals surface area contributed by atoms with E-state index < -0.39 is 5.97 Å². The number of methoxy groups -OCH3 is 1. The van der Waals surface area contributed by atoms with E-state index in [0.29, 0.717) is 11.3 Å². The van der Waals surface area contributed by atoms with Crippen LogP contribution in [0.1, 0.15) is 48.5 Å². The molecular weight excluding hydrogens is 238 g/mol. The van der Waals surface area contributed by atoms with Crippen LogP contribution in [0.4, 0.5) is 5.69 Å². The molecule has 3 nitrogen and oxygen atoms in total. The smallest absolute Gasteiger partial charge is 0.339 e. The molecule has 1 aromatic rings. The first kappa shape index (κ1) is 15.3. The van der Waals surface area contributed by atoms with Crippen molar-refractivity contribution in [3.8, 4) is 0 Å². The number of carbonyl (C=O) groups is 1. The quantitative estimate of drug-likeness (QED) is 0.352. The number of hydrogen-bond acceptors (Lipinski definition) is 3. The number of rotatable bonds is 7. The van der Waals surface area contributed by atoms with Crippen molar-refractivity contribution in [2.45, 2.75) is 39.0 Å². The van der Waals surface area contributed by atoms with Gasteiger partial charge in [0, 0.05) is 5.69 Å². The average molecular weight is 261 g/mol. The van der Waals surface area contributed by atoms with E-state index in [0.717, 1.165) is 30.4 Å². The van der Waals surface area contributed by atoms with Gasteiger partial charge in [-0.2, -0.15) is 0 Å². The lowest BCUT2D eigenvalue weighted by Gasteiger charge is -2.11. The summed E-state index contributed by atoms with van der Waals surface area (Å²) in [5, 5.41) is 0. The molecule has 0 atom stereocenters. The van der Waals surface area contributed by atoms with Gasteiger partial charge in [-0.25, -0.2) is 4.79 Å². The molecule has 1 rings (SSSR count). The van der Waals surface area contributed by atoms with Gasteiger partial charge >= 0.3 is 5.97 Å². The van der Waals surface area contributed by atoms with Crippen LogP contribution in [-0.4, -0.2) is 13.1 Å². The molecule has 1 aromatic carbocycles. The third-order valence-corrected chi connectivity index (χ3v) is 3.18. The highest BCUT2D eigenvalue weighted by Crippen LogP contribution is 2.22. The number of carbonyl (C=O) groups excluding carboxylic acids is 1. The summed E-state index contributed by atoms with van der Waals surface area (Å²) in [6.45, 7) is 6.27. The summed E-state index contributed by atoms with van der Waals surface area (Å²) in [6.07, 6.45) is 5.31. The molecule has 0 amide bonds. The number of esters is 1. The standard InChI is InChI=1S/C16H23NO2/c1-4-5-6-8-12(2)11-13-9-7-10-14(15(13)17)16(18)19-3/h7,9-10H,2,4-6,8,11,17H2,1,3H3. The molecule has 0 bridgehead atoms. The first-order valence-electron chi connectivity index (χ1n) is 6.72. The summed E-state index contributed by atoms with van der Waals surface area (Å²) >= 11 is 0. The Morgan fingerprint density at radius 2 is 2.11 bits per heavy atom. The zero-order valence-electron chi connectivity index (χ0n) is 11.9. The van der Waals surface area contributed by atoms with Gasteiger partial charge in [0.05, 0.1) is 12.7 Å². The molecule has 0 aliphatic carbocycles. The van der Waals surface area contributed by atoms with E-state index in [1.165, 1.54) is 20.0 Å². The number of anilines is 1. The Bertz CT molecular complexity index is 452. The molecule has 3 heteroatoms. The lowest BCUT2D eigenvalue weighted by molar-refractivity contribution is 0.0602. The molecule has 0 fully saturated rings. The normalized spacial score (nSPS) is 10.2. The topological polar surface area (TPSA) is 52.3 Å². The van der Waals surface area contributed by atoms with Gasteiger partial charge in [-0.15, -0.1) is 0 Å². The summed E-state index contributed by atoms with van der Waals surface area (Å²) in [4.78, 5) is 11.6. The molecule has 0 spiro atoms. The Hall–Kier alpha value is -1.77. The molecule has 0 aliphatic rings. The van der Waals surface area contributed by atoms with Crippen molar-refractivity contribution in [2.75, 3.05) is 12.8 Å². The van der Waals surface area contributed by atoms with Gasteiger partial charge in [0.1, 0.15) is 0 Å². The van der Waals surface area contributed by atoms with Crippen LogP contribution in [0.2, 0.25) is 0 Å². The lowest BCUT2D eigenvalue weighted by atomic mass is 9.98. The molecule has 104 valence electrons. The number of ether oxygens (including phenoxy) is 1. The van der Waals surface area contributed by atoms with Crippen LogP contribution in [-0.2, 0) is 11.2 Å². The van der Waals surface area contributed by atoms with Gasteiger partial charge in [0.25, 0.3) is 0 Å². The Morgan fingerprint density at radius 1 is 1.37 bits per heavy atom. The van der Waals surface area contributed by atoms with E-state index in [4.69, 9.17) is 10.5 Å². The summed E-state index contributed by atoms with van der Waals surface area (Å²) in [5.74, 6) is -0.393. The second-order valence-electron chi connectivity index (χ2n) is 4.75. The maximum atomic E-state index is 11.6. The van der Waals surface area contributed by atoms with Crippen molar-refractivity contribution >= 4 is 11.7 Å². The Balaban J connectivity index is 2.73. The van der Waals surface area contributed by atoms with Crippen molar-refractivity contribution in [3.05, 3.63) is 41.5 Å². The monoisotopic (exact) mass is 261 g/mol. The molecule has 0 radical (unpaired) electrons. The van der Waals surface area contributed by atoms with Crippen LogP contribution in [0.25, 0.3) is 0 Å². The van der Waals surface area contributed by atoms with Crippen LogP contribution in [0.15, 0.2) is 30.4 Å². The number of para-hydroxylation sites is 1. The lowest BCUT2D eigenvalue weighted by Crippen LogP contribution is -2.08. The highest BCUT2D eigenvalue weighted by atomic mass is 16.5. The average Bonchev–Trinajstić information content (AvgIpc) is 2.40. The maximum absolute atomic E-state index is 11.6. The van der Waals surface area contributed by atoms with Crippen molar-refractivity contribution in [1.82, 2.24) is 0 Å². The first-order valence-corrected chi connectivity index (χ1v) is 6.72. The van der Waals surface area contributed by atoms with E-state index in [1.54, 1.807) is 6.07 Å². The van der Waals surface area contributed by atoms with Crippen LogP contribution < -0.4 is 5.73 Å². The predicted molar refractivity (Wildman–Crippen MR) is 79.2 cm³/mol. The minimum Gasteiger partial charge on any atom is -0.465 e. The van der Waals surface area contributed by atoms with Crippen LogP contribution in [0.3, 0.4) is 0 Å². The van der Waals surface area contributed by atoms with Crippen molar-refractivity contribution in [3.63, 3.8) is 0 Å². The highest BCUT2D eigenvalue weighted by molar-refractivity contribution is 5.95. The van der Waals surface area contributed by atoms with Crippen molar-refractivity contribution in [2.24, 2.45) is 0 Å². The van der Waals surface area contributed by atoms with Crippen LogP contribution in [0.5, 0.6) is 0 Å². The number of unbranched alkanes of at least 4 members (excludes halogenated alkanes) is 2. The fraction of sp³-hybridized carbons (Fsp3) is 0.438. The molecule has 0 unspecified atom stereocenters. The molecule has 2 N–H and O–H groups in total.